The summed E-state index contributed by atoms with van der Waals surface area (Å²) in [6.45, 7) is 3.16. The van der Waals surface area contributed by atoms with Gasteiger partial charge in [-0.2, -0.15) is 0 Å². The maximum absolute atomic E-state index is 11.1. The molecule has 2 aliphatic rings. The van der Waals surface area contributed by atoms with Gasteiger partial charge in [-0.25, -0.2) is 4.79 Å². The second kappa shape index (κ2) is 3.72. The number of benzene rings is 1. The van der Waals surface area contributed by atoms with E-state index < -0.39 is 11.6 Å². The fourth-order valence-electron chi connectivity index (χ4n) is 2.53. The van der Waals surface area contributed by atoms with Gasteiger partial charge in [0.25, 0.3) is 0 Å². The van der Waals surface area contributed by atoms with Gasteiger partial charge in [0.05, 0.1) is 0 Å². The minimum Gasteiger partial charge on any atom is -0.478 e. The quantitative estimate of drug-likeness (QED) is 0.791. The van der Waals surface area contributed by atoms with Crippen LogP contribution in [0.2, 0.25) is 0 Å². The zero-order chi connectivity index (χ0) is 12.9. The molecule has 1 aliphatic heterocycles. The highest BCUT2D eigenvalue weighted by molar-refractivity contribution is 5.76. The molecule has 1 aromatic rings. The number of carbonyl (C=O) groups is 1. The van der Waals surface area contributed by atoms with Gasteiger partial charge in [0.15, 0.2) is 5.60 Å². The summed E-state index contributed by atoms with van der Waals surface area (Å²) in [6.07, 6.45) is 1.95. The van der Waals surface area contributed by atoms with Crippen LogP contribution in [-0.4, -0.2) is 28.8 Å². The maximum atomic E-state index is 11.1. The fraction of sp³-hybridized carbons (Fsp3) is 0.500. The van der Waals surface area contributed by atoms with E-state index in [0.29, 0.717) is 17.8 Å². The second-order valence-corrected chi connectivity index (χ2v) is 5.60. The van der Waals surface area contributed by atoms with Gasteiger partial charge < -0.3 is 15.2 Å². The van der Waals surface area contributed by atoms with Gasteiger partial charge in [-0.3, -0.25) is 0 Å². The van der Waals surface area contributed by atoms with E-state index in [1.807, 2.05) is 12.1 Å². The van der Waals surface area contributed by atoms with Crippen LogP contribution in [0.15, 0.2) is 18.2 Å². The molecule has 1 fully saturated rings. The molecule has 0 saturated carbocycles. The molecule has 2 atom stereocenters. The Balaban J connectivity index is 1.91. The molecular formula is C14H17NO3. The average Bonchev–Trinajstić information content (AvgIpc) is 3.04. The second-order valence-electron chi connectivity index (χ2n) is 5.60. The molecule has 1 aromatic carbocycles. The summed E-state index contributed by atoms with van der Waals surface area (Å²) in [5.41, 5.74) is 1.25. The third kappa shape index (κ3) is 1.86. The Bertz CT molecular complexity index is 510. The van der Waals surface area contributed by atoms with E-state index in [-0.39, 0.29) is 0 Å². The minimum atomic E-state index is -1.19. The van der Waals surface area contributed by atoms with Crippen LogP contribution in [0, 0.1) is 0 Å². The molecule has 0 spiro atoms. The highest BCUT2D eigenvalue weighted by Gasteiger charge is 2.41. The van der Waals surface area contributed by atoms with E-state index in [1.54, 1.807) is 13.8 Å². The molecule has 4 heteroatoms. The SMILES string of the molecule is CC(C)(Oc1cccc2c1CC1NC1C2)C(=O)O. The monoisotopic (exact) mass is 247 g/mol. The number of carboxylic acid groups (broad SMARTS) is 1. The predicted molar refractivity (Wildman–Crippen MR) is 66.9 cm³/mol. The number of fused-ring (bicyclic) bond motifs is 2. The summed E-state index contributed by atoms with van der Waals surface area (Å²) in [6, 6.07) is 7.07. The van der Waals surface area contributed by atoms with Crippen molar-refractivity contribution in [1.29, 1.82) is 0 Å². The molecule has 2 unspecified atom stereocenters. The fourth-order valence-corrected chi connectivity index (χ4v) is 2.53. The lowest BCUT2D eigenvalue weighted by Crippen LogP contribution is -2.38. The lowest BCUT2D eigenvalue weighted by molar-refractivity contribution is -0.152. The van der Waals surface area contributed by atoms with Crippen LogP contribution >= 0.6 is 0 Å². The van der Waals surface area contributed by atoms with Crippen molar-refractivity contribution < 1.29 is 14.6 Å². The Hall–Kier alpha value is -1.55. The molecule has 1 aliphatic carbocycles. The van der Waals surface area contributed by atoms with Gasteiger partial charge in [0, 0.05) is 12.1 Å². The number of hydrogen-bond donors (Lipinski definition) is 2. The van der Waals surface area contributed by atoms with E-state index in [9.17, 15) is 4.79 Å². The summed E-state index contributed by atoms with van der Waals surface area (Å²) in [5, 5.41) is 12.5. The normalized spacial score (nSPS) is 25.0. The van der Waals surface area contributed by atoms with Gasteiger partial charge in [-0.05, 0) is 43.9 Å². The van der Waals surface area contributed by atoms with Crippen molar-refractivity contribution in [1.82, 2.24) is 5.32 Å². The molecule has 1 saturated heterocycles. The van der Waals surface area contributed by atoms with Crippen molar-refractivity contribution in [3.63, 3.8) is 0 Å². The maximum Gasteiger partial charge on any atom is 0.347 e. The Morgan fingerprint density at radius 2 is 2.11 bits per heavy atom. The van der Waals surface area contributed by atoms with Crippen LogP contribution < -0.4 is 10.1 Å². The van der Waals surface area contributed by atoms with Crippen LogP contribution in [0.25, 0.3) is 0 Å². The summed E-state index contributed by atoms with van der Waals surface area (Å²) in [5.74, 6) is -0.231. The molecule has 1 heterocycles. The molecule has 0 bridgehead atoms. The minimum absolute atomic E-state index is 0.551. The number of nitrogens with one attached hydrogen (secondary N) is 1. The Labute approximate surface area is 106 Å². The van der Waals surface area contributed by atoms with Crippen LogP contribution in [-0.2, 0) is 17.6 Å². The summed E-state index contributed by atoms with van der Waals surface area (Å²) in [4.78, 5) is 11.1. The van der Waals surface area contributed by atoms with E-state index in [2.05, 4.69) is 11.4 Å². The number of hydrogen-bond acceptors (Lipinski definition) is 3. The number of ether oxygens (including phenoxy) is 1. The van der Waals surface area contributed by atoms with Gasteiger partial charge in [0.1, 0.15) is 5.75 Å². The van der Waals surface area contributed by atoms with Crippen molar-refractivity contribution >= 4 is 5.97 Å². The topological polar surface area (TPSA) is 68.5 Å². The van der Waals surface area contributed by atoms with E-state index >= 15 is 0 Å². The third-order valence-electron chi connectivity index (χ3n) is 3.78. The molecule has 3 rings (SSSR count). The molecule has 18 heavy (non-hydrogen) atoms. The first-order chi connectivity index (χ1) is 8.47. The average molecular weight is 247 g/mol. The van der Waals surface area contributed by atoms with Crippen LogP contribution in [0.5, 0.6) is 5.75 Å². The van der Waals surface area contributed by atoms with Gasteiger partial charge in [-0.1, -0.05) is 12.1 Å². The first-order valence-corrected chi connectivity index (χ1v) is 6.26. The lowest BCUT2D eigenvalue weighted by Gasteiger charge is -2.25. The first-order valence-electron chi connectivity index (χ1n) is 6.26. The first kappa shape index (κ1) is 11.5. The van der Waals surface area contributed by atoms with E-state index in [1.165, 1.54) is 5.56 Å². The van der Waals surface area contributed by atoms with Crippen molar-refractivity contribution in [2.24, 2.45) is 0 Å². The number of rotatable bonds is 3. The van der Waals surface area contributed by atoms with Crippen molar-refractivity contribution in [2.45, 2.75) is 44.4 Å². The zero-order valence-corrected chi connectivity index (χ0v) is 10.6. The third-order valence-corrected chi connectivity index (χ3v) is 3.78. The predicted octanol–water partition coefficient (Wildman–Crippen LogP) is 1.37. The number of carboxylic acids is 1. The van der Waals surface area contributed by atoms with Gasteiger partial charge >= 0.3 is 5.97 Å². The van der Waals surface area contributed by atoms with Crippen molar-refractivity contribution in [3.8, 4) is 5.75 Å². The zero-order valence-electron chi connectivity index (χ0n) is 10.6. The smallest absolute Gasteiger partial charge is 0.347 e. The number of aliphatic carboxylic acids is 1. The largest absolute Gasteiger partial charge is 0.478 e. The Morgan fingerprint density at radius 3 is 2.83 bits per heavy atom. The molecule has 0 amide bonds. The summed E-state index contributed by atoms with van der Waals surface area (Å²) >= 11 is 0. The molecule has 2 N–H and O–H groups in total. The highest BCUT2D eigenvalue weighted by Crippen LogP contribution is 2.36. The molecule has 96 valence electrons. The van der Waals surface area contributed by atoms with Crippen LogP contribution in [0.1, 0.15) is 25.0 Å². The molecular weight excluding hydrogens is 230 g/mol. The molecule has 4 nitrogen and oxygen atoms in total. The van der Waals surface area contributed by atoms with Crippen LogP contribution in [0.3, 0.4) is 0 Å². The Kier molecular flexibility index (Phi) is 2.38. The Morgan fingerprint density at radius 1 is 1.39 bits per heavy atom. The van der Waals surface area contributed by atoms with Crippen LogP contribution in [0.4, 0.5) is 0 Å². The highest BCUT2D eigenvalue weighted by atomic mass is 16.5. The summed E-state index contributed by atoms with van der Waals surface area (Å²) < 4.78 is 5.70. The van der Waals surface area contributed by atoms with Crippen molar-refractivity contribution in [2.75, 3.05) is 0 Å². The van der Waals surface area contributed by atoms with Crippen molar-refractivity contribution in [3.05, 3.63) is 29.3 Å². The van der Waals surface area contributed by atoms with E-state index in [0.717, 1.165) is 18.4 Å². The molecule has 0 aromatic heterocycles. The molecule has 0 radical (unpaired) electrons. The lowest BCUT2D eigenvalue weighted by atomic mass is 9.91. The van der Waals surface area contributed by atoms with Gasteiger partial charge in [0.2, 0.25) is 0 Å². The standard InChI is InChI=1S/C14H17NO3/c1-14(2,13(16)17)18-12-5-3-4-8-6-10-11(15-10)7-9(8)12/h3-5,10-11,15H,6-7H2,1-2H3,(H,16,17). The van der Waals surface area contributed by atoms with Gasteiger partial charge in [-0.15, -0.1) is 0 Å². The van der Waals surface area contributed by atoms with E-state index in [4.69, 9.17) is 9.84 Å². The summed E-state index contributed by atoms with van der Waals surface area (Å²) in [7, 11) is 0.